The predicted octanol–water partition coefficient (Wildman–Crippen LogP) is 3.92. The highest BCUT2D eigenvalue weighted by Crippen LogP contribution is 2.15. The van der Waals surface area contributed by atoms with Gasteiger partial charge in [-0.1, -0.05) is 29.8 Å². The molecular weight excluding hydrogens is 436 g/mol. The van der Waals surface area contributed by atoms with Gasteiger partial charge in [0.2, 0.25) is 0 Å². The highest BCUT2D eigenvalue weighted by atomic mass is 127. The number of benzene rings is 1. The van der Waals surface area contributed by atoms with Crippen molar-refractivity contribution in [1.29, 1.82) is 0 Å². The first-order chi connectivity index (χ1) is 8.93. The molecule has 0 saturated heterocycles. The fraction of sp³-hybridized carbons (Fsp3) is 0.500. The van der Waals surface area contributed by atoms with Crippen LogP contribution in [0.5, 0.6) is 0 Å². The molecule has 1 unspecified atom stereocenters. The summed E-state index contributed by atoms with van der Waals surface area (Å²) in [7, 11) is 1.71. The minimum Gasteiger partial charge on any atom is -0.354 e. The summed E-state index contributed by atoms with van der Waals surface area (Å²) in [5.74, 6) is 0.963. The lowest BCUT2D eigenvalue weighted by Crippen LogP contribution is -2.43. The Kier molecular flexibility index (Phi) is 9.37. The van der Waals surface area contributed by atoms with E-state index in [2.05, 4.69) is 52.3 Å². The number of hydrogen-bond acceptors (Lipinski definition) is 1. The molecule has 0 aliphatic rings. The molecule has 0 aromatic heterocycles. The molecule has 1 atom stereocenters. The van der Waals surface area contributed by atoms with Crippen molar-refractivity contribution in [3.05, 3.63) is 34.1 Å². The third-order valence-corrected chi connectivity index (χ3v) is 3.54. The van der Waals surface area contributed by atoms with E-state index in [1.807, 2.05) is 0 Å². The van der Waals surface area contributed by atoms with Crippen LogP contribution < -0.4 is 10.6 Å². The van der Waals surface area contributed by atoms with E-state index in [1.54, 1.807) is 19.2 Å². The van der Waals surface area contributed by atoms with Gasteiger partial charge in [-0.25, -0.2) is 4.39 Å². The minimum atomic E-state index is -0.219. The Balaban J connectivity index is 0.00000361. The maximum absolute atomic E-state index is 13.6. The van der Waals surface area contributed by atoms with Crippen molar-refractivity contribution < 1.29 is 4.39 Å². The SMILES string of the molecule is CN=C(NCc1cc(Br)ccc1F)NC(C)C(C)C.I. The summed E-state index contributed by atoms with van der Waals surface area (Å²) in [4.78, 5) is 4.14. The van der Waals surface area contributed by atoms with E-state index >= 15 is 0 Å². The second kappa shape index (κ2) is 9.55. The first kappa shape index (κ1) is 19.6. The van der Waals surface area contributed by atoms with Crippen LogP contribution in [0.4, 0.5) is 4.39 Å². The molecule has 114 valence electrons. The molecule has 0 bridgehead atoms. The Morgan fingerprint density at radius 3 is 2.55 bits per heavy atom. The van der Waals surface area contributed by atoms with Crippen LogP contribution in [0, 0.1) is 11.7 Å². The van der Waals surface area contributed by atoms with Gasteiger partial charge in [-0.3, -0.25) is 4.99 Å². The summed E-state index contributed by atoms with van der Waals surface area (Å²) >= 11 is 3.34. The lowest BCUT2D eigenvalue weighted by atomic mass is 10.1. The number of guanidine groups is 1. The molecular formula is C14H22BrFIN3. The number of nitrogens with one attached hydrogen (secondary N) is 2. The number of nitrogens with zero attached hydrogens (tertiary/aromatic N) is 1. The monoisotopic (exact) mass is 457 g/mol. The molecule has 2 N–H and O–H groups in total. The number of halogens is 3. The zero-order valence-corrected chi connectivity index (χ0v) is 16.1. The summed E-state index contributed by atoms with van der Waals surface area (Å²) in [5.41, 5.74) is 0.606. The average molecular weight is 458 g/mol. The lowest BCUT2D eigenvalue weighted by Gasteiger charge is -2.20. The van der Waals surface area contributed by atoms with Crippen molar-refractivity contribution in [1.82, 2.24) is 10.6 Å². The fourth-order valence-electron chi connectivity index (χ4n) is 1.43. The average Bonchev–Trinajstić information content (AvgIpc) is 2.37. The van der Waals surface area contributed by atoms with Crippen LogP contribution in [0.1, 0.15) is 26.3 Å². The standard InChI is InChI=1S/C14H21BrFN3.HI/c1-9(2)10(3)19-14(17-4)18-8-11-7-12(15)5-6-13(11)16;/h5-7,9-10H,8H2,1-4H3,(H2,17,18,19);1H. The van der Waals surface area contributed by atoms with Gasteiger partial charge in [0.25, 0.3) is 0 Å². The molecule has 6 heteroatoms. The topological polar surface area (TPSA) is 36.4 Å². The van der Waals surface area contributed by atoms with E-state index in [9.17, 15) is 4.39 Å². The van der Waals surface area contributed by atoms with Gasteiger partial charge in [-0.15, -0.1) is 24.0 Å². The summed E-state index contributed by atoms with van der Waals surface area (Å²) in [6, 6.07) is 5.21. The summed E-state index contributed by atoms with van der Waals surface area (Å²) in [6.45, 7) is 6.77. The largest absolute Gasteiger partial charge is 0.354 e. The van der Waals surface area contributed by atoms with Crippen LogP contribution in [0.25, 0.3) is 0 Å². The lowest BCUT2D eigenvalue weighted by molar-refractivity contribution is 0.480. The van der Waals surface area contributed by atoms with Crippen molar-refractivity contribution in [2.24, 2.45) is 10.9 Å². The zero-order valence-electron chi connectivity index (χ0n) is 12.2. The van der Waals surface area contributed by atoms with Gasteiger partial charge in [0.1, 0.15) is 5.82 Å². The van der Waals surface area contributed by atoms with Crippen molar-refractivity contribution in [2.45, 2.75) is 33.4 Å². The smallest absolute Gasteiger partial charge is 0.191 e. The second-order valence-electron chi connectivity index (χ2n) is 4.84. The molecule has 0 amide bonds. The van der Waals surface area contributed by atoms with Crippen LogP contribution in [-0.4, -0.2) is 19.0 Å². The Bertz CT molecular complexity index is 452. The van der Waals surface area contributed by atoms with Crippen LogP contribution in [0.2, 0.25) is 0 Å². The first-order valence-electron chi connectivity index (χ1n) is 6.35. The molecule has 0 spiro atoms. The van der Waals surface area contributed by atoms with E-state index in [-0.39, 0.29) is 29.8 Å². The Morgan fingerprint density at radius 2 is 2.00 bits per heavy atom. The van der Waals surface area contributed by atoms with E-state index in [1.165, 1.54) is 6.07 Å². The van der Waals surface area contributed by atoms with Crippen LogP contribution >= 0.6 is 39.9 Å². The van der Waals surface area contributed by atoms with Gasteiger partial charge < -0.3 is 10.6 Å². The van der Waals surface area contributed by atoms with Gasteiger partial charge in [-0.05, 0) is 31.0 Å². The molecule has 1 rings (SSSR count). The quantitative estimate of drug-likeness (QED) is 0.408. The molecule has 0 aliphatic carbocycles. The van der Waals surface area contributed by atoms with Gasteiger partial charge in [0, 0.05) is 29.7 Å². The van der Waals surface area contributed by atoms with Crippen molar-refractivity contribution in [2.75, 3.05) is 7.05 Å². The normalized spacial score (nSPS) is 12.8. The second-order valence-corrected chi connectivity index (χ2v) is 5.75. The number of rotatable bonds is 4. The first-order valence-corrected chi connectivity index (χ1v) is 7.14. The van der Waals surface area contributed by atoms with E-state index in [0.717, 1.165) is 4.47 Å². The molecule has 1 aromatic rings. The predicted molar refractivity (Wildman–Crippen MR) is 97.1 cm³/mol. The summed E-state index contributed by atoms with van der Waals surface area (Å²) in [5, 5.41) is 6.39. The fourth-order valence-corrected chi connectivity index (χ4v) is 1.84. The molecule has 0 radical (unpaired) electrons. The molecule has 20 heavy (non-hydrogen) atoms. The third kappa shape index (κ3) is 6.39. The van der Waals surface area contributed by atoms with Gasteiger partial charge >= 0.3 is 0 Å². The number of aliphatic imine (C=N–C) groups is 1. The van der Waals surface area contributed by atoms with E-state index < -0.39 is 0 Å². The van der Waals surface area contributed by atoms with Crippen LogP contribution in [0.3, 0.4) is 0 Å². The Labute approximate surface area is 146 Å². The molecule has 0 saturated carbocycles. The minimum absolute atomic E-state index is 0. The Morgan fingerprint density at radius 1 is 1.35 bits per heavy atom. The summed E-state index contributed by atoms with van der Waals surface area (Å²) in [6.07, 6.45) is 0. The molecule has 3 nitrogen and oxygen atoms in total. The molecule has 0 heterocycles. The molecule has 0 aliphatic heterocycles. The number of hydrogen-bond donors (Lipinski definition) is 2. The van der Waals surface area contributed by atoms with Gasteiger partial charge in [-0.2, -0.15) is 0 Å². The van der Waals surface area contributed by atoms with Crippen LogP contribution in [0.15, 0.2) is 27.7 Å². The van der Waals surface area contributed by atoms with E-state index in [0.29, 0.717) is 30.0 Å². The molecule has 0 fully saturated rings. The maximum Gasteiger partial charge on any atom is 0.191 e. The van der Waals surface area contributed by atoms with Gasteiger partial charge in [0.15, 0.2) is 5.96 Å². The highest BCUT2D eigenvalue weighted by Gasteiger charge is 2.09. The van der Waals surface area contributed by atoms with Crippen molar-refractivity contribution in [3.63, 3.8) is 0 Å². The third-order valence-electron chi connectivity index (χ3n) is 3.04. The summed E-state index contributed by atoms with van der Waals surface area (Å²) < 4.78 is 14.5. The van der Waals surface area contributed by atoms with Crippen molar-refractivity contribution in [3.8, 4) is 0 Å². The highest BCUT2D eigenvalue weighted by molar-refractivity contribution is 14.0. The Hall–Kier alpha value is -0.370. The molecule has 1 aromatic carbocycles. The maximum atomic E-state index is 13.6. The van der Waals surface area contributed by atoms with Crippen LogP contribution in [-0.2, 0) is 6.54 Å². The van der Waals surface area contributed by atoms with Crippen molar-refractivity contribution >= 4 is 45.9 Å². The van der Waals surface area contributed by atoms with Gasteiger partial charge in [0.05, 0.1) is 0 Å². The zero-order chi connectivity index (χ0) is 14.4. The van der Waals surface area contributed by atoms with E-state index in [4.69, 9.17) is 0 Å².